The Balaban J connectivity index is 1.46. The molecule has 4 unspecified atom stereocenters. The van der Waals surface area contributed by atoms with E-state index >= 15 is 0 Å². The van der Waals surface area contributed by atoms with E-state index in [0.29, 0.717) is 23.8 Å². The van der Waals surface area contributed by atoms with Crippen LogP contribution in [-0.2, 0) is 4.79 Å². The van der Waals surface area contributed by atoms with Crippen LogP contribution >= 0.6 is 0 Å². The van der Waals surface area contributed by atoms with Crippen LogP contribution in [0, 0.1) is 34.0 Å². The summed E-state index contributed by atoms with van der Waals surface area (Å²) in [6, 6.07) is 0.350. The van der Waals surface area contributed by atoms with Gasteiger partial charge in [-0.1, -0.05) is 50.5 Å². The summed E-state index contributed by atoms with van der Waals surface area (Å²) in [6.07, 6.45) is 21.0. The van der Waals surface area contributed by atoms with Crippen molar-refractivity contribution in [2.24, 2.45) is 34.0 Å². The monoisotopic (exact) mass is 385 g/mol. The zero-order valence-electron chi connectivity index (χ0n) is 17.4. The fraction of sp³-hybridized carbons (Fsp3) is 0.800. The normalized spacial score (nSPS) is 47.4. The van der Waals surface area contributed by atoms with Gasteiger partial charge in [-0.15, -0.1) is 0 Å². The van der Waals surface area contributed by atoms with Crippen molar-refractivity contribution in [3.63, 3.8) is 0 Å². The molecule has 3 heteroatoms. The second kappa shape index (κ2) is 6.71. The first kappa shape index (κ1) is 18.9. The topological polar surface area (TPSA) is 29.1 Å². The number of alkyl halides is 1. The molecule has 5 fully saturated rings. The number of allylic oxidation sites excluding steroid dienone is 4. The second-order valence-electron chi connectivity index (χ2n) is 11.2. The average molecular weight is 386 g/mol. The maximum atomic E-state index is 14.5. The quantitative estimate of drug-likeness (QED) is 0.657. The van der Waals surface area contributed by atoms with Crippen molar-refractivity contribution in [3.05, 3.63) is 24.3 Å². The largest absolute Gasteiger partial charge is 0.353 e. The summed E-state index contributed by atoms with van der Waals surface area (Å²) in [7, 11) is 0. The summed E-state index contributed by atoms with van der Waals surface area (Å²) < 4.78 is 14.5. The molecule has 0 aliphatic heterocycles. The number of nitrogens with one attached hydrogen (secondary N) is 1. The fourth-order valence-electron chi connectivity index (χ4n) is 8.56. The Morgan fingerprint density at radius 2 is 1.82 bits per heavy atom. The van der Waals surface area contributed by atoms with Gasteiger partial charge in [0, 0.05) is 11.5 Å². The van der Waals surface area contributed by atoms with Crippen molar-refractivity contribution in [1.29, 1.82) is 0 Å². The minimum atomic E-state index is -0.322. The van der Waals surface area contributed by atoms with E-state index in [9.17, 15) is 9.18 Å². The number of rotatable bonds is 4. The molecule has 0 spiro atoms. The van der Waals surface area contributed by atoms with Gasteiger partial charge in [-0.3, -0.25) is 9.18 Å². The Bertz CT molecular complexity index is 695. The highest BCUT2D eigenvalue weighted by molar-refractivity contribution is 5.83. The molecular weight excluding hydrogens is 349 g/mol. The zero-order valence-corrected chi connectivity index (χ0v) is 17.4. The van der Waals surface area contributed by atoms with Gasteiger partial charge in [0.25, 0.3) is 0 Å². The van der Waals surface area contributed by atoms with Gasteiger partial charge < -0.3 is 5.32 Å². The number of amides is 1. The molecule has 0 saturated heterocycles. The van der Waals surface area contributed by atoms with Crippen LogP contribution in [0.1, 0.15) is 77.6 Å². The zero-order chi connectivity index (χ0) is 19.4. The Morgan fingerprint density at radius 1 is 1.04 bits per heavy atom. The molecule has 0 aromatic rings. The highest BCUT2D eigenvalue weighted by Gasteiger charge is 2.67. The predicted octanol–water partition coefficient (Wildman–Crippen LogP) is 5.74. The molecule has 6 aliphatic rings. The van der Waals surface area contributed by atoms with Gasteiger partial charge in [-0.25, -0.2) is 0 Å². The summed E-state index contributed by atoms with van der Waals surface area (Å²) in [4.78, 5) is 13.7. The van der Waals surface area contributed by atoms with Crippen LogP contribution in [0.4, 0.5) is 4.39 Å². The third-order valence-corrected chi connectivity index (χ3v) is 9.05. The number of hydrogen-bond donors (Lipinski definition) is 1. The molecule has 6 atom stereocenters. The third-order valence-electron chi connectivity index (χ3n) is 9.05. The van der Waals surface area contributed by atoms with Crippen LogP contribution < -0.4 is 5.32 Å². The van der Waals surface area contributed by atoms with Gasteiger partial charge in [-0.2, -0.15) is 0 Å². The molecule has 2 nitrogen and oxygen atoms in total. The van der Waals surface area contributed by atoms with Gasteiger partial charge >= 0.3 is 0 Å². The van der Waals surface area contributed by atoms with Crippen LogP contribution in [0.25, 0.3) is 0 Å². The standard InChI is InChI=1S/C25H36FNO/c1-18-7-5-6-10-21(18)24-12-19-11-23(14-24,17-26)15-25(13-19,16-24)22(28)27-20-8-3-2-4-9-20/h5-7,10,18-21H,2-4,8-9,11-17H2,1H3,(H,27,28)/t18?,19?,21?,23-,24+,25?/m0/s1. The van der Waals surface area contributed by atoms with Crippen molar-refractivity contribution in [3.8, 4) is 0 Å². The molecule has 0 radical (unpaired) electrons. The maximum Gasteiger partial charge on any atom is 0.226 e. The number of hydrogen-bond acceptors (Lipinski definition) is 1. The lowest BCUT2D eigenvalue weighted by Gasteiger charge is -2.67. The lowest BCUT2D eigenvalue weighted by molar-refractivity contribution is -0.191. The molecule has 4 bridgehead atoms. The van der Waals surface area contributed by atoms with Crippen molar-refractivity contribution in [2.45, 2.75) is 83.6 Å². The van der Waals surface area contributed by atoms with E-state index in [1.807, 2.05) is 0 Å². The van der Waals surface area contributed by atoms with Crippen LogP contribution in [0.3, 0.4) is 0 Å². The Hall–Kier alpha value is -1.12. The first-order valence-corrected chi connectivity index (χ1v) is 11.7. The van der Waals surface area contributed by atoms with Crippen molar-refractivity contribution in [2.75, 3.05) is 6.67 Å². The van der Waals surface area contributed by atoms with Crippen LogP contribution in [0.15, 0.2) is 24.3 Å². The molecule has 6 aliphatic carbocycles. The van der Waals surface area contributed by atoms with Crippen molar-refractivity contribution >= 4 is 5.91 Å². The maximum absolute atomic E-state index is 14.5. The first-order chi connectivity index (χ1) is 13.5. The third kappa shape index (κ3) is 2.91. The van der Waals surface area contributed by atoms with E-state index in [-0.39, 0.29) is 28.8 Å². The SMILES string of the molecule is CC1C=CC=CC1[C@]12CC3CC(C(=O)NC4CCCCC4)(C[C@](CF)(C3)C1)C2. The predicted molar refractivity (Wildman–Crippen MR) is 110 cm³/mol. The van der Waals surface area contributed by atoms with Crippen LogP contribution in [0.2, 0.25) is 0 Å². The van der Waals surface area contributed by atoms with Gasteiger partial charge in [0.15, 0.2) is 0 Å². The lowest BCUT2D eigenvalue weighted by Crippen LogP contribution is -2.64. The summed E-state index contributed by atoms with van der Waals surface area (Å²) >= 11 is 0. The van der Waals surface area contributed by atoms with Gasteiger partial charge in [0.05, 0.1) is 12.1 Å². The van der Waals surface area contributed by atoms with E-state index in [0.717, 1.165) is 44.9 Å². The Kier molecular flexibility index (Phi) is 4.52. The summed E-state index contributed by atoms with van der Waals surface area (Å²) in [5, 5.41) is 3.46. The summed E-state index contributed by atoms with van der Waals surface area (Å²) in [6.45, 7) is 2.06. The molecular formula is C25H36FNO. The van der Waals surface area contributed by atoms with E-state index in [1.165, 1.54) is 25.7 Å². The Labute approximate surface area is 169 Å². The first-order valence-electron chi connectivity index (χ1n) is 11.7. The summed E-state index contributed by atoms with van der Waals surface area (Å²) in [5.74, 6) is 1.73. The fourth-order valence-corrected chi connectivity index (χ4v) is 8.56. The highest BCUT2D eigenvalue weighted by Crippen LogP contribution is 2.72. The van der Waals surface area contributed by atoms with Crippen LogP contribution in [-0.4, -0.2) is 18.6 Å². The number of halogens is 1. The molecule has 0 aromatic heterocycles. The molecule has 28 heavy (non-hydrogen) atoms. The molecule has 1 N–H and O–H groups in total. The van der Waals surface area contributed by atoms with E-state index in [4.69, 9.17) is 0 Å². The second-order valence-corrected chi connectivity index (χ2v) is 11.2. The lowest BCUT2D eigenvalue weighted by atomic mass is 9.36. The number of carbonyl (C=O) groups is 1. The average Bonchev–Trinajstić information content (AvgIpc) is 2.68. The van der Waals surface area contributed by atoms with E-state index in [1.54, 1.807) is 0 Å². The Morgan fingerprint density at radius 3 is 2.57 bits per heavy atom. The van der Waals surface area contributed by atoms with Crippen molar-refractivity contribution in [1.82, 2.24) is 5.32 Å². The van der Waals surface area contributed by atoms with E-state index in [2.05, 4.69) is 36.5 Å². The molecule has 0 heterocycles. The molecule has 0 aromatic carbocycles. The minimum Gasteiger partial charge on any atom is -0.353 e. The van der Waals surface area contributed by atoms with Gasteiger partial charge in [0.2, 0.25) is 5.91 Å². The molecule has 5 saturated carbocycles. The minimum absolute atomic E-state index is 0.107. The molecule has 1 amide bonds. The number of carbonyl (C=O) groups excluding carboxylic acids is 1. The molecule has 6 rings (SSSR count). The smallest absolute Gasteiger partial charge is 0.226 e. The van der Waals surface area contributed by atoms with Crippen molar-refractivity contribution < 1.29 is 9.18 Å². The highest BCUT2D eigenvalue weighted by atomic mass is 19.1. The van der Waals surface area contributed by atoms with Gasteiger partial charge in [-0.05, 0) is 74.5 Å². The molecule has 154 valence electrons. The summed E-state index contributed by atoms with van der Waals surface area (Å²) in [5.41, 5.74) is -0.466. The van der Waals surface area contributed by atoms with Gasteiger partial charge in [0.1, 0.15) is 0 Å². The van der Waals surface area contributed by atoms with E-state index < -0.39 is 0 Å². The van der Waals surface area contributed by atoms with Crippen LogP contribution in [0.5, 0.6) is 0 Å².